The van der Waals surface area contributed by atoms with E-state index in [1.54, 1.807) is 23.1 Å². The van der Waals surface area contributed by atoms with Crippen molar-refractivity contribution < 1.29 is 18.9 Å². The maximum absolute atomic E-state index is 9.67. The average Bonchev–Trinajstić information content (AvgIpc) is 3.78. The summed E-state index contributed by atoms with van der Waals surface area (Å²) in [5, 5.41) is 29.2. The van der Waals surface area contributed by atoms with E-state index in [0.29, 0.717) is 55.2 Å². The van der Waals surface area contributed by atoms with E-state index in [1.165, 1.54) is 12.7 Å². The second-order valence-electron chi connectivity index (χ2n) is 11.7. The Morgan fingerprint density at radius 2 is 1.89 bits per heavy atom. The minimum atomic E-state index is -0.273. The van der Waals surface area contributed by atoms with Gasteiger partial charge in [0.25, 0.3) is 5.88 Å². The third-order valence-corrected chi connectivity index (χ3v) is 8.53. The zero-order chi connectivity index (χ0) is 32.5. The molecule has 15 heteroatoms. The Morgan fingerprint density at radius 1 is 1.09 bits per heavy atom. The Morgan fingerprint density at radius 3 is 2.62 bits per heavy atom. The average molecular weight is 644 g/mol. The first-order chi connectivity index (χ1) is 23.1. The molecule has 1 atom stereocenters. The monoisotopic (exact) mass is 643 g/mol. The van der Waals surface area contributed by atoms with E-state index in [9.17, 15) is 5.26 Å². The number of nitriles is 1. The maximum Gasteiger partial charge on any atom is 0.257 e. The molecule has 3 aromatic heterocycles. The number of hydrogen-bond acceptors (Lipinski definition) is 13. The highest BCUT2D eigenvalue weighted by atomic mass is 16.5. The van der Waals surface area contributed by atoms with Gasteiger partial charge in [0.05, 0.1) is 38.1 Å². The van der Waals surface area contributed by atoms with E-state index in [4.69, 9.17) is 24.0 Å². The highest BCUT2D eigenvalue weighted by Crippen LogP contribution is 2.40. The normalized spacial score (nSPS) is 17.1. The van der Waals surface area contributed by atoms with Gasteiger partial charge in [0.2, 0.25) is 5.95 Å². The molecule has 47 heavy (non-hydrogen) atoms. The van der Waals surface area contributed by atoms with Gasteiger partial charge < -0.3 is 24.3 Å². The number of morpholine rings is 1. The third kappa shape index (κ3) is 7.67. The summed E-state index contributed by atoms with van der Waals surface area (Å²) in [5.41, 5.74) is 2.48. The predicted molar refractivity (Wildman–Crippen MR) is 171 cm³/mol. The molecule has 2 fully saturated rings. The molecule has 1 aliphatic carbocycles. The lowest BCUT2D eigenvalue weighted by molar-refractivity contribution is -0.0837. The summed E-state index contributed by atoms with van der Waals surface area (Å²) < 4.78 is 27.1. The molecular formula is C32H41N11O4. The smallest absolute Gasteiger partial charge is 0.257 e. The summed E-state index contributed by atoms with van der Waals surface area (Å²) in [7, 11) is 0. The largest absolute Gasteiger partial charge is 0.487 e. The Hall–Kier alpha value is -4.65. The van der Waals surface area contributed by atoms with Gasteiger partial charge in [-0.05, 0) is 67.7 Å². The molecule has 1 saturated heterocycles. The molecule has 0 bridgehead atoms. The first-order valence-electron chi connectivity index (χ1n) is 16.2. The summed E-state index contributed by atoms with van der Waals surface area (Å²) in [6, 6.07) is 7.61. The van der Waals surface area contributed by atoms with Gasteiger partial charge in [-0.15, -0.1) is 10.2 Å². The van der Waals surface area contributed by atoms with Crippen LogP contribution in [0.2, 0.25) is 0 Å². The molecule has 1 saturated carbocycles. The lowest BCUT2D eigenvalue weighted by Crippen LogP contribution is -2.56. The molecule has 1 aliphatic heterocycles. The van der Waals surface area contributed by atoms with Crippen LogP contribution < -0.4 is 14.8 Å². The number of nitrogens with one attached hydrogen (secondary N) is 1. The summed E-state index contributed by atoms with van der Waals surface area (Å²) >= 11 is 0. The number of rotatable bonds is 14. The van der Waals surface area contributed by atoms with E-state index in [0.717, 1.165) is 63.1 Å². The molecule has 0 spiro atoms. The van der Waals surface area contributed by atoms with Crippen LogP contribution in [0.3, 0.4) is 0 Å². The SMILES string of the molecule is CCOCCOc1nn(C2(N3CCOCC3)CCCCC2)cc1Nc1ncc(-c2ccc(C#N)c(OC(C)Cn3cnnn3)c2)cn1. The van der Waals surface area contributed by atoms with Crippen LogP contribution >= 0.6 is 0 Å². The van der Waals surface area contributed by atoms with Gasteiger partial charge in [-0.1, -0.05) is 12.5 Å². The fourth-order valence-electron chi connectivity index (χ4n) is 6.23. The van der Waals surface area contributed by atoms with E-state index < -0.39 is 0 Å². The number of ether oxygens (including phenoxy) is 4. The summed E-state index contributed by atoms with van der Waals surface area (Å²) in [6.07, 6.45) is 12.3. The van der Waals surface area contributed by atoms with Gasteiger partial charge in [-0.25, -0.2) is 19.3 Å². The molecule has 15 nitrogen and oxygen atoms in total. The van der Waals surface area contributed by atoms with Crippen LogP contribution in [0, 0.1) is 11.3 Å². The van der Waals surface area contributed by atoms with Gasteiger partial charge in [0, 0.05) is 37.7 Å². The van der Waals surface area contributed by atoms with Crippen molar-refractivity contribution in [3.05, 3.63) is 48.7 Å². The lowest BCUT2D eigenvalue weighted by atomic mass is 9.87. The molecule has 4 heterocycles. The van der Waals surface area contributed by atoms with Crippen molar-refractivity contribution in [3.63, 3.8) is 0 Å². The fourth-order valence-corrected chi connectivity index (χ4v) is 6.23. The van der Waals surface area contributed by atoms with Gasteiger partial charge in [0.15, 0.2) is 0 Å². The third-order valence-electron chi connectivity index (χ3n) is 8.53. The maximum atomic E-state index is 9.67. The van der Waals surface area contributed by atoms with Gasteiger partial charge in [-0.3, -0.25) is 4.90 Å². The van der Waals surface area contributed by atoms with Crippen LogP contribution in [0.4, 0.5) is 11.6 Å². The van der Waals surface area contributed by atoms with Crippen molar-refractivity contribution in [2.75, 3.05) is 51.4 Å². The van der Waals surface area contributed by atoms with Crippen LogP contribution in [0.15, 0.2) is 43.1 Å². The number of hydrogen-bond donors (Lipinski definition) is 1. The summed E-state index contributed by atoms with van der Waals surface area (Å²) in [6.45, 7) is 8.94. The second-order valence-corrected chi connectivity index (χ2v) is 11.7. The number of aromatic nitrogens is 8. The Labute approximate surface area is 273 Å². The van der Waals surface area contributed by atoms with Crippen molar-refractivity contribution in [1.29, 1.82) is 5.26 Å². The topological polar surface area (TPSA) is 163 Å². The van der Waals surface area contributed by atoms with Crippen molar-refractivity contribution >= 4 is 11.6 Å². The molecule has 4 aromatic rings. The molecule has 1 N–H and O–H groups in total. The van der Waals surface area contributed by atoms with Gasteiger partial charge in [-0.2, -0.15) is 5.26 Å². The van der Waals surface area contributed by atoms with Crippen LogP contribution in [0.1, 0.15) is 51.5 Å². The predicted octanol–water partition coefficient (Wildman–Crippen LogP) is 3.77. The number of tetrazole rings is 1. The number of benzene rings is 1. The molecular weight excluding hydrogens is 602 g/mol. The highest BCUT2D eigenvalue weighted by Gasteiger charge is 2.42. The van der Waals surface area contributed by atoms with E-state index >= 15 is 0 Å². The Bertz CT molecular complexity index is 1610. The summed E-state index contributed by atoms with van der Waals surface area (Å²) in [4.78, 5) is 11.7. The first-order valence-corrected chi connectivity index (χ1v) is 16.2. The highest BCUT2D eigenvalue weighted by molar-refractivity contribution is 5.67. The fraction of sp³-hybridized carbons (Fsp3) is 0.531. The first kappa shape index (κ1) is 32.3. The molecule has 248 valence electrons. The molecule has 0 radical (unpaired) electrons. The van der Waals surface area contributed by atoms with Crippen LogP contribution in [-0.2, 0) is 21.7 Å². The zero-order valence-electron chi connectivity index (χ0n) is 26.9. The second kappa shape index (κ2) is 15.3. The minimum Gasteiger partial charge on any atom is -0.487 e. The molecule has 6 rings (SSSR count). The Kier molecular flexibility index (Phi) is 10.5. The van der Waals surface area contributed by atoms with E-state index in [1.807, 2.05) is 32.2 Å². The minimum absolute atomic E-state index is 0.232. The Balaban J connectivity index is 1.22. The van der Waals surface area contributed by atoms with Crippen LogP contribution in [-0.4, -0.2) is 97.1 Å². The van der Waals surface area contributed by atoms with Crippen molar-refractivity contribution in [2.24, 2.45) is 0 Å². The van der Waals surface area contributed by atoms with Gasteiger partial charge in [0.1, 0.15) is 42.2 Å². The van der Waals surface area contributed by atoms with E-state index in [2.05, 4.69) is 46.5 Å². The molecule has 1 aromatic carbocycles. The van der Waals surface area contributed by atoms with Crippen molar-refractivity contribution in [3.8, 4) is 28.8 Å². The standard InChI is InChI=1S/C32H41N11O4/c1-3-44-15-16-46-30-28(22-43(38-30)32(9-5-4-6-10-32)41-11-13-45-14-12-41)37-31-34-19-27(20-35-31)25-7-8-26(18-33)29(17-25)47-24(2)21-42-23-36-39-40-42/h7-8,17,19-20,22-24H,3-6,9-16,21H2,1-2H3,(H,34,35,37). The van der Waals surface area contributed by atoms with Crippen LogP contribution in [0.25, 0.3) is 11.1 Å². The molecule has 2 aliphatic rings. The van der Waals surface area contributed by atoms with E-state index in [-0.39, 0.29) is 11.8 Å². The summed E-state index contributed by atoms with van der Waals surface area (Å²) in [5.74, 6) is 1.36. The van der Waals surface area contributed by atoms with Gasteiger partial charge >= 0.3 is 0 Å². The van der Waals surface area contributed by atoms with Crippen LogP contribution in [0.5, 0.6) is 11.6 Å². The molecule has 0 amide bonds. The van der Waals surface area contributed by atoms with Crippen molar-refractivity contribution in [2.45, 2.75) is 64.3 Å². The van der Waals surface area contributed by atoms with Crippen molar-refractivity contribution in [1.82, 2.24) is 44.9 Å². The molecule has 1 unspecified atom stereocenters. The quantitative estimate of drug-likeness (QED) is 0.198. The lowest BCUT2D eigenvalue weighted by Gasteiger charge is -2.47. The number of nitrogens with zero attached hydrogens (tertiary/aromatic N) is 10. The zero-order valence-corrected chi connectivity index (χ0v) is 26.9. The number of anilines is 2.